The predicted molar refractivity (Wildman–Crippen MR) is 130 cm³/mol. The van der Waals surface area contributed by atoms with Crippen molar-refractivity contribution in [2.75, 3.05) is 12.4 Å². The summed E-state index contributed by atoms with van der Waals surface area (Å²) in [5.74, 6) is 0.224. The van der Waals surface area contributed by atoms with Gasteiger partial charge in [0.05, 0.1) is 12.1 Å². The molecule has 2 bridgehead atoms. The molecule has 0 aromatic heterocycles. The van der Waals surface area contributed by atoms with Gasteiger partial charge in [-0.2, -0.15) is 0 Å². The Bertz CT molecular complexity index is 1090. The van der Waals surface area contributed by atoms with E-state index in [1.54, 1.807) is 12.1 Å². The van der Waals surface area contributed by atoms with Gasteiger partial charge >= 0.3 is 5.97 Å². The Kier molecular flexibility index (Phi) is 5.91. The van der Waals surface area contributed by atoms with Crippen LogP contribution >= 0.6 is 27.5 Å². The molecule has 7 heteroatoms. The van der Waals surface area contributed by atoms with Crippen LogP contribution in [0.4, 0.5) is 5.69 Å². The van der Waals surface area contributed by atoms with E-state index in [0.717, 1.165) is 28.6 Å². The number of phenols is 1. The number of benzene rings is 2. The maximum Gasteiger partial charge on any atom is 0.339 e. The Balaban J connectivity index is 1.80. The average Bonchev–Trinajstić information content (AvgIpc) is 3.07. The molecule has 2 aliphatic rings. The number of phenolic OH excluding ortho intramolecular Hbond substituents is 1. The molecular weight excluding hydrogens is 494 g/mol. The highest BCUT2D eigenvalue weighted by molar-refractivity contribution is 9.10. The highest BCUT2D eigenvalue weighted by Gasteiger charge is 2.62. The summed E-state index contributed by atoms with van der Waals surface area (Å²) in [5.41, 5.74) is 2.78. The molecule has 5 nitrogen and oxygen atoms in total. The van der Waals surface area contributed by atoms with E-state index in [1.165, 1.54) is 13.5 Å². The zero-order chi connectivity index (χ0) is 23.4. The fourth-order valence-electron chi connectivity index (χ4n) is 6.07. The summed E-state index contributed by atoms with van der Waals surface area (Å²) in [4.78, 5) is 12.0. The normalized spacial score (nSPS) is 25.7. The van der Waals surface area contributed by atoms with Crippen LogP contribution in [-0.4, -0.2) is 23.3 Å². The van der Waals surface area contributed by atoms with Gasteiger partial charge in [-0.3, -0.25) is 0 Å². The van der Waals surface area contributed by atoms with Crippen LogP contribution in [0.3, 0.4) is 0 Å². The minimum absolute atomic E-state index is 0.0334. The van der Waals surface area contributed by atoms with Crippen molar-refractivity contribution >= 4 is 39.2 Å². The van der Waals surface area contributed by atoms with E-state index >= 15 is 0 Å². The number of anilines is 1. The maximum atomic E-state index is 12.0. The number of nitrogens with one attached hydrogen (secondary N) is 1. The summed E-state index contributed by atoms with van der Waals surface area (Å²) in [5, 5.41) is 23.9. The molecule has 3 N–H and O–H groups in total. The minimum atomic E-state index is -1.00. The summed E-state index contributed by atoms with van der Waals surface area (Å²) in [7, 11) is 1.54. The van der Waals surface area contributed by atoms with Gasteiger partial charge < -0.3 is 20.3 Å². The van der Waals surface area contributed by atoms with Crippen LogP contribution in [0.5, 0.6) is 11.5 Å². The van der Waals surface area contributed by atoms with Crippen LogP contribution in [0, 0.1) is 16.7 Å². The Morgan fingerprint density at radius 1 is 1.31 bits per heavy atom. The van der Waals surface area contributed by atoms with E-state index < -0.39 is 5.97 Å². The molecule has 4 rings (SSSR count). The second-order valence-corrected chi connectivity index (χ2v) is 11.1. The lowest BCUT2D eigenvalue weighted by Gasteiger charge is -2.40. The molecule has 0 aliphatic heterocycles. The Labute approximate surface area is 202 Å². The van der Waals surface area contributed by atoms with Gasteiger partial charge in [0.1, 0.15) is 17.1 Å². The first-order valence-electron chi connectivity index (χ1n) is 10.9. The Morgan fingerprint density at radius 2 is 2.03 bits per heavy atom. The third kappa shape index (κ3) is 3.47. The van der Waals surface area contributed by atoms with Crippen molar-refractivity contribution in [1.29, 1.82) is 0 Å². The molecule has 2 aromatic rings. The van der Waals surface area contributed by atoms with E-state index in [4.69, 9.17) is 16.3 Å². The van der Waals surface area contributed by atoms with E-state index in [0.29, 0.717) is 23.8 Å². The number of aromatic hydroxyl groups is 1. The van der Waals surface area contributed by atoms with Crippen molar-refractivity contribution in [2.24, 2.45) is 16.7 Å². The third-order valence-corrected chi connectivity index (χ3v) is 9.10. The minimum Gasteiger partial charge on any atom is -0.506 e. The molecule has 2 aromatic carbocycles. The largest absolute Gasteiger partial charge is 0.506 e. The number of ether oxygens (including phenoxy) is 1. The number of carboxylic acid groups (broad SMARTS) is 1. The van der Waals surface area contributed by atoms with Crippen LogP contribution < -0.4 is 10.1 Å². The Hall–Kier alpha value is -1.92. The number of rotatable bonds is 6. The van der Waals surface area contributed by atoms with Crippen molar-refractivity contribution in [3.05, 3.63) is 50.5 Å². The summed E-state index contributed by atoms with van der Waals surface area (Å²) in [6, 6.07) is 6.87. The molecule has 0 saturated heterocycles. The summed E-state index contributed by atoms with van der Waals surface area (Å²) in [6.07, 6.45) is 3.32. The second-order valence-electron chi connectivity index (χ2n) is 9.82. The molecule has 32 heavy (non-hydrogen) atoms. The number of hydrogen-bond acceptors (Lipinski definition) is 4. The fraction of sp³-hybridized carbons (Fsp3) is 0.480. The summed E-state index contributed by atoms with van der Waals surface area (Å²) in [6.45, 7) is 7.35. The molecule has 0 radical (unpaired) electrons. The summed E-state index contributed by atoms with van der Waals surface area (Å²) >= 11 is 9.56. The number of fused-ring (bicyclic) bond motifs is 2. The van der Waals surface area contributed by atoms with E-state index in [-0.39, 0.29) is 33.1 Å². The van der Waals surface area contributed by atoms with Crippen molar-refractivity contribution in [2.45, 2.75) is 52.5 Å². The first kappa shape index (κ1) is 23.2. The van der Waals surface area contributed by atoms with Crippen LogP contribution in [0.15, 0.2) is 28.7 Å². The fourth-order valence-corrected chi connectivity index (χ4v) is 6.95. The van der Waals surface area contributed by atoms with E-state index in [1.807, 2.05) is 12.1 Å². The smallest absolute Gasteiger partial charge is 0.339 e. The number of carbonyl (C=O) groups is 1. The van der Waals surface area contributed by atoms with Gasteiger partial charge in [-0.1, -0.05) is 48.3 Å². The lowest BCUT2D eigenvalue weighted by Crippen LogP contribution is -2.32. The molecule has 2 saturated carbocycles. The molecule has 0 heterocycles. The predicted octanol–water partition coefficient (Wildman–Crippen LogP) is 7.06. The molecule has 2 fully saturated rings. The molecule has 3 atom stereocenters. The summed E-state index contributed by atoms with van der Waals surface area (Å²) < 4.78 is 6.50. The third-order valence-electron chi connectivity index (χ3n) is 8.35. The van der Waals surface area contributed by atoms with Gasteiger partial charge in [0.25, 0.3) is 0 Å². The maximum absolute atomic E-state index is 12.0. The van der Waals surface area contributed by atoms with Crippen molar-refractivity contribution in [1.82, 2.24) is 0 Å². The van der Waals surface area contributed by atoms with Gasteiger partial charge in [-0.25, -0.2) is 4.79 Å². The lowest BCUT2D eigenvalue weighted by molar-refractivity contribution is 0.0692. The number of halogens is 2. The van der Waals surface area contributed by atoms with Gasteiger partial charge in [0.15, 0.2) is 0 Å². The van der Waals surface area contributed by atoms with Crippen LogP contribution in [0.1, 0.15) is 67.4 Å². The molecule has 172 valence electrons. The lowest BCUT2D eigenvalue weighted by atomic mass is 9.64. The highest BCUT2D eigenvalue weighted by Crippen LogP contribution is 2.72. The average molecular weight is 523 g/mol. The first-order chi connectivity index (χ1) is 15.0. The van der Waals surface area contributed by atoms with E-state index in [9.17, 15) is 15.0 Å². The topological polar surface area (TPSA) is 78.8 Å². The van der Waals surface area contributed by atoms with E-state index in [2.05, 4.69) is 42.0 Å². The number of carboxylic acids is 1. The van der Waals surface area contributed by atoms with Gasteiger partial charge in [-0.05, 0) is 66.2 Å². The first-order valence-corrected chi connectivity index (χ1v) is 12.0. The quantitative estimate of drug-likeness (QED) is 0.378. The van der Waals surface area contributed by atoms with Crippen molar-refractivity contribution < 1.29 is 19.7 Å². The molecule has 0 amide bonds. The second kappa shape index (κ2) is 8.14. The highest BCUT2D eigenvalue weighted by atomic mass is 79.9. The Morgan fingerprint density at radius 3 is 2.59 bits per heavy atom. The van der Waals surface area contributed by atoms with Crippen LogP contribution in [0.2, 0.25) is 5.02 Å². The van der Waals surface area contributed by atoms with Gasteiger partial charge in [0, 0.05) is 27.8 Å². The number of aromatic carboxylic acids is 1. The van der Waals surface area contributed by atoms with Crippen LogP contribution in [0.25, 0.3) is 0 Å². The van der Waals surface area contributed by atoms with Crippen LogP contribution in [-0.2, 0) is 6.54 Å². The standard InChI is InChI=1S/C25H29BrClNO4/c1-24(2)14-7-8-25(24,3)17(10-14)20-19(6-5-16(23(30)31)22(20)32-4)28-12-13-9-15(26)11-18(27)21(13)29/h5-6,9,11,14,17,28-29H,7-8,10,12H2,1-4H3,(H,30,31). The number of hydrogen-bond donors (Lipinski definition) is 3. The zero-order valence-corrected chi connectivity index (χ0v) is 21.1. The molecule has 0 spiro atoms. The van der Waals surface area contributed by atoms with Gasteiger partial charge in [0.2, 0.25) is 0 Å². The SMILES string of the molecule is COc1c(C(=O)O)ccc(NCc2cc(Br)cc(Cl)c2O)c1C1CC2CCC1(C)C2(C)C. The monoisotopic (exact) mass is 521 g/mol. The molecular formula is C25H29BrClNO4. The van der Waals surface area contributed by atoms with Crippen molar-refractivity contribution in [3.8, 4) is 11.5 Å². The zero-order valence-electron chi connectivity index (χ0n) is 18.8. The molecule has 2 aliphatic carbocycles. The number of methoxy groups -OCH3 is 1. The molecule has 3 unspecified atom stereocenters. The van der Waals surface area contributed by atoms with Gasteiger partial charge in [-0.15, -0.1) is 0 Å². The van der Waals surface area contributed by atoms with Crippen molar-refractivity contribution in [3.63, 3.8) is 0 Å².